The van der Waals surface area contributed by atoms with Crippen LogP contribution in [0.25, 0.3) is 32.9 Å². The number of rotatable bonds is 6. The number of ether oxygens (including phenoxy) is 1. The maximum Gasteiger partial charge on any atom is 0.249 e. The van der Waals surface area contributed by atoms with Crippen LogP contribution < -0.4 is 10.5 Å². The van der Waals surface area contributed by atoms with Gasteiger partial charge in [-0.05, 0) is 65.7 Å². The topological polar surface area (TPSA) is 57.2 Å². The van der Waals surface area contributed by atoms with Gasteiger partial charge in [0.1, 0.15) is 11.5 Å². The lowest BCUT2D eigenvalue weighted by Gasteiger charge is -2.11. The third kappa shape index (κ3) is 4.38. The predicted octanol–water partition coefficient (Wildman–Crippen LogP) is 8.71. The van der Waals surface area contributed by atoms with E-state index < -0.39 is 5.91 Å². The largest absolute Gasteiger partial charge is 0.457 e. The number of primary amides is 1. The molecule has 0 fully saturated rings. The number of carbonyl (C=O) groups excluding carboxylic acids is 1. The molecule has 0 radical (unpaired) electrons. The number of para-hydroxylation sites is 1. The van der Waals surface area contributed by atoms with Crippen LogP contribution in [0.4, 0.5) is 0 Å². The van der Waals surface area contributed by atoms with Crippen molar-refractivity contribution in [1.82, 2.24) is 4.57 Å². The molecule has 6 heteroatoms. The zero-order valence-corrected chi connectivity index (χ0v) is 21.7. The molecule has 2 N–H and O–H groups in total. The van der Waals surface area contributed by atoms with Gasteiger partial charge in [-0.15, -0.1) is 0 Å². The molecule has 0 bridgehead atoms. The van der Waals surface area contributed by atoms with E-state index in [-0.39, 0.29) is 0 Å². The zero-order valence-electron chi connectivity index (χ0n) is 20.2. The zero-order chi connectivity index (χ0) is 26.2. The van der Waals surface area contributed by atoms with Gasteiger partial charge in [0.05, 0.1) is 11.0 Å². The van der Waals surface area contributed by atoms with E-state index in [1.54, 1.807) is 6.07 Å². The standard InChI is InChI=1S/C32H22Cl2N2O2/c33-26-9-5-10-27(34)30(26)21-14-17-24-29(18-21)36(28-11-4-8-25(31(24)28)32(35)37)19-20-12-15-23(16-13-20)38-22-6-2-1-3-7-22/h1-18H,19H2,(H2,35,37). The lowest BCUT2D eigenvalue weighted by molar-refractivity contribution is 0.100. The minimum absolute atomic E-state index is 0.463. The summed E-state index contributed by atoms with van der Waals surface area (Å²) in [6, 6.07) is 34.9. The van der Waals surface area contributed by atoms with Crippen molar-refractivity contribution in [2.45, 2.75) is 6.54 Å². The van der Waals surface area contributed by atoms with Crippen LogP contribution >= 0.6 is 23.2 Å². The van der Waals surface area contributed by atoms with Crippen molar-refractivity contribution >= 4 is 50.9 Å². The Balaban J connectivity index is 1.48. The van der Waals surface area contributed by atoms with Gasteiger partial charge in [0, 0.05) is 38.5 Å². The van der Waals surface area contributed by atoms with Crippen molar-refractivity contribution in [1.29, 1.82) is 0 Å². The summed E-state index contributed by atoms with van der Waals surface area (Å²) in [5.41, 5.74) is 10.9. The average Bonchev–Trinajstić information content (AvgIpc) is 3.23. The van der Waals surface area contributed by atoms with E-state index in [1.807, 2.05) is 97.1 Å². The van der Waals surface area contributed by atoms with Gasteiger partial charge < -0.3 is 15.0 Å². The van der Waals surface area contributed by atoms with E-state index in [0.29, 0.717) is 22.2 Å². The molecule has 38 heavy (non-hydrogen) atoms. The summed E-state index contributed by atoms with van der Waals surface area (Å²) in [4.78, 5) is 12.4. The molecule has 4 nitrogen and oxygen atoms in total. The van der Waals surface area contributed by atoms with E-state index in [9.17, 15) is 4.79 Å². The average molecular weight is 537 g/mol. The van der Waals surface area contributed by atoms with E-state index in [1.165, 1.54) is 0 Å². The SMILES string of the molecule is NC(=O)c1cccc2c1c1ccc(-c3c(Cl)cccc3Cl)cc1n2Cc1ccc(Oc2ccccc2)cc1. The van der Waals surface area contributed by atoms with Gasteiger partial charge >= 0.3 is 0 Å². The number of fused-ring (bicyclic) bond motifs is 3. The van der Waals surface area contributed by atoms with Crippen molar-refractivity contribution in [2.75, 3.05) is 0 Å². The summed E-state index contributed by atoms with van der Waals surface area (Å²) in [6.45, 7) is 0.577. The summed E-state index contributed by atoms with van der Waals surface area (Å²) < 4.78 is 8.15. The van der Waals surface area contributed by atoms with Crippen LogP contribution in [-0.2, 0) is 6.54 Å². The minimum Gasteiger partial charge on any atom is -0.457 e. The minimum atomic E-state index is -0.463. The quantitative estimate of drug-likeness (QED) is 0.231. The lowest BCUT2D eigenvalue weighted by Crippen LogP contribution is -2.11. The number of hydrogen-bond acceptors (Lipinski definition) is 2. The highest BCUT2D eigenvalue weighted by Gasteiger charge is 2.18. The second-order valence-corrected chi connectivity index (χ2v) is 9.85. The summed E-state index contributed by atoms with van der Waals surface area (Å²) in [5.74, 6) is 1.08. The molecule has 0 spiro atoms. The second-order valence-electron chi connectivity index (χ2n) is 9.04. The molecule has 6 aromatic rings. The monoisotopic (exact) mass is 536 g/mol. The van der Waals surface area contributed by atoms with Gasteiger partial charge in [0.2, 0.25) is 5.91 Å². The van der Waals surface area contributed by atoms with Crippen LogP contribution in [-0.4, -0.2) is 10.5 Å². The molecule has 0 aliphatic rings. The van der Waals surface area contributed by atoms with Crippen LogP contribution in [0, 0.1) is 0 Å². The smallest absolute Gasteiger partial charge is 0.249 e. The molecular formula is C32H22Cl2N2O2. The fraction of sp³-hybridized carbons (Fsp3) is 0.0312. The van der Waals surface area contributed by atoms with Crippen molar-refractivity contribution < 1.29 is 9.53 Å². The number of amides is 1. The summed E-state index contributed by atoms with van der Waals surface area (Å²) in [5, 5.41) is 2.92. The molecule has 1 heterocycles. The van der Waals surface area contributed by atoms with Crippen LogP contribution in [0.1, 0.15) is 15.9 Å². The molecule has 0 atom stereocenters. The highest BCUT2D eigenvalue weighted by atomic mass is 35.5. The fourth-order valence-electron chi connectivity index (χ4n) is 4.92. The van der Waals surface area contributed by atoms with Crippen LogP contribution in [0.15, 0.2) is 109 Å². The van der Waals surface area contributed by atoms with Crippen molar-refractivity contribution in [3.05, 3.63) is 130 Å². The number of benzene rings is 5. The fourth-order valence-corrected chi connectivity index (χ4v) is 5.53. The number of carbonyl (C=O) groups is 1. The number of halogens is 2. The van der Waals surface area contributed by atoms with Gasteiger partial charge in [-0.25, -0.2) is 0 Å². The molecule has 1 amide bonds. The second kappa shape index (κ2) is 9.90. The number of nitrogens with two attached hydrogens (primary N) is 1. The third-order valence-corrected chi connectivity index (χ3v) is 7.28. The first-order chi connectivity index (χ1) is 18.5. The first-order valence-electron chi connectivity index (χ1n) is 12.1. The Bertz CT molecular complexity index is 1790. The van der Waals surface area contributed by atoms with Crippen molar-refractivity contribution in [3.63, 3.8) is 0 Å². The van der Waals surface area contributed by atoms with Crippen LogP contribution in [0.2, 0.25) is 10.0 Å². The first kappa shape index (κ1) is 24.1. The Morgan fingerprint density at radius 1 is 0.737 bits per heavy atom. The number of hydrogen-bond donors (Lipinski definition) is 1. The molecular weight excluding hydrogens is 515 g/mol. The maximum absolute atomic E-state index is 12.4. The highest BCUT2D eigenvalue weighted by Crippen LogP contribution is 2.39. The Morgan fingerprint density at radius 2 is 1.42 bits per heavy atom. The van der Waals surface area contributed by atoms with E-state index in [2.05, 4.69) is 10.6 Å². The highest BCUT2D eigenvalue weighted by molar-refractivity contribution is 6.39. The van der Waals surface area contributed by atoms with Gasteiger partial charge in [0.25, 0.3) is 0 Å². The first-order valence-corrected chi connectivity index (χ1v) is 12.9. The van der Waals surface area contributed by atoms with E-state index in [4.69, 9.17) is 33.7 Å². The number of nitrogens with zero attached hydrogens (tertiary/aromatic N) is 1. The Morgan fingerprint density at radius 3 is 2.13 bits per heavy atom. The third-order valence-electron chi connectivity index (χ3n) is 6.65. The van der Waals surface area contributed by atoms with E-state index >= 15 is 0 Å². The molecule has 0 aliphatic heterocycles. The summed E-state index contributed by atoms with van der Waals surface area (Å²) in [7, 11) is 0. The Kier molecular flexibility index (Phi) is 6.28. The normalized spacial score (nSPS) is 11.2. The molecule has 186 valence electrons. The molecule has 0 saturated carbocycles. The van der Waals surface area contributed by atoms with Crippen LogP contribution in [0.5, 0.6) is 11.5 Å². The van der Waals surface area contributed by atoms with Crippen molar-refractivity contribution in [3.8, 4) is 22.6 Å². The van der Waals surface area contributed by atoms with Gasteiger partial charge in [0.15, 0.2) is 0 Å². The predicted molar refractivity (Wildman–Crippen MR) is 155 cm³/mol. The molecule has 6 rings (SSSR count). The summed E-state index contributed by atoms with van der Waals surface area (Å²) in [6.07, 6.45) is 0. The van der Waals surface area contributed by atoms with Gasteiger partial charge in [-0.3, -0.25) is 4.79 Å². The van der Waals surface area contributed by atoms with E-state index in [0.717, 1.165) is 50.0 Å². The van der Waals surface area contributed by atoms with Crippen molar-refractivity contribution in [2.24, 2.45) is 5.73 Å². The van der Waals surface area contributed by atoms with Gasteiger partial charge in [-0.2, -0.15) is 0 Å². The molecule has 1 aromatic heterocycles. The number of aromatic nitrogens is 1. The molecule has 5 aromatic carbocycles. The lowest BCUT2D eigenvalue weighted by atomic mass is 10.0. The molecule has 0 saturated heterocycles. The molecule has 0 aliphatic carbocycles. The maximum atomic E-state index is 12.4. The molecule has 0 unspecified atom stereocenters. The Hall–Kier alpha value is -4.25. The van der Waals surface area contributed by atoms with Gasteiger partial charge in [-0.1, -0.05) is 77.8 Å². The summed E-state index contributed by atoms with van der Waals surface area (Å²) >= 11 is 13.1. The Labute approximate surface area is 229 Å². The van der Waals surface area contributed by atoms with Crippen LogP contribution in [0.3, 0.4) is 0 Å².